The summed E-state index contributed by atoms with van der Waals surface area (Å²) >= 11 is 0. The minimum atomic E-state index is -0.563. The highest BCUT2D eigenvalue weighted by Crippen LogP contribution is 2.07. The van der Waals surface area contributed by atoms with Crippen molar-refractivity contribution in [2.24, 2.45) is 16.5 Å². The second kappa shape index (κ2) is 12.7. The lowest BCUT2D eigenvalue weighted by molar-refractivity contribution is -0.142. The summed E-state index contributed by atoms with van der Waals surface area (Å²) in [4.78, 5) is 26.0. The van der Waals surface area contributed by atoms with Crippen LogP contribution in [0, 0.1) is 0 Å². The minimum absolute atomic E-state index is 0.333. The molecule has 0 saturated heterocycles. The Bertz CT molecular complexity index is 597. The van der Waals surface area contributed by atoms with Gasteiger partial charge < -0.3 is 16.2 Å². The van der Waals surface area contributed by atoms with Gasteiger partial charge in [-0.2, -0.15) is 0 Å². The van der Waals surface area contributed by atoms with Crippen LogP contribution < -0.4 is 11.5 Å². The molecule has 1 aromatic carbocycles. The van der Waals surface area contributed by atoms with Crippen LogP contribution >= 0.6 is 0 Å². The van der Waals surface area contributed by atoms with E-state index in [0.717, 1.165) is 11.3 Å². The Morgan fingerprint density at radius 2 is 1.76 bits per heavy atom. The Morgan fingerprint density at radius 1 is 1.20 bits per heavy atom. The maximum atomic E-state index is 11.5. The Hall–Kier alpha value is -2.73. The molecule has 25 heavy (non-hydrogen) atoms. The van der Waals surface area contributed by atoms with Crippen LogP contribution in [0.5, 0.6) is 0 Å². The summed E-state index contributed by atoms with van der Waals surface area (Å²) in [6.07, 6.45) is 4.17. The third-order valence-corrected chi connectivity index (χ3v) is 3.19. The van der Waals surface area contributed by atoms with E-state index in [9.17, 15) is 9.59 Å². The monoisotopic (exact) mass is 345 g/mol. The van der Waals surface area contributed by atoms with E-state index in [1.165, 1.54) is 7.11 Å². The Labute approximate surface area is 149 Å². The van der Waals surface area contributed by atoms with Crippen molar-refractivity contribution in [1.29, 1.82) is 0 Å². The van der Waals surface area contributed by atoms with Crippen LogP contribution in [0.1, 0.15) is 25.3 Å². The van der Waals surface area contributed by atoms with Gasteiger partial charge >= 0.3 is 5.97 Å². The molecule has 0 aliphatic heterocycles. The molecule has 1 amide bonds. The molecule has 4 N–H and O–H groups in total. The molecule has 0 spiro atoms. The van der Waals surface area contributed by atoms with E-state index in [-0.39, 0.29) is 5.97 Å². The number of amides is 1. The first-order valence-electron chi connectivity index (χ1n) is 7.81. The zero-order valence-corrected chi connectivity index (χ0v) is 14.9. The number of nitrogens with two attached hydrogens (primary N) is 2. The second-order valence-corrected chi connectivity index (χ2v) is 5.18. The predicted octanol–water partition coefficient (Wildman–Crippen LogP) is 1.99. The highest BCUT2D eigenvalue weighted by Gasteiger charge is 2.16. The van der Waals surface area contributed by atoms with Gasteiger partial charge in [-0.25, -0.2) is 4.79 Å². The molecule has 0 aliphatic carbocycles. The van der Waals surface area contributed by atoms with Crippen LogP contribution in [-0.4, -0.2) is 36.8 Å². The molecule has 6 heteroatoms. The normalized spacial score (nSPS) is 12.8. The second-order valence-electron chi connectivity index (χ2n) is 5.18. The summed E-state index contributed by atoms with van der Waals surface area (Å²) in [5.74, 6) is -0.815. The molecule has 0 fully saturated rings. The molecule has 2 atom stereocenters. The van der Waals surface area contributed by atoms with Crippen molar-refractivity contribution in [2.45, 2.75) is 31.8 Å². The Balaban J connectivity index is 0.000000609. The molecule has 0 aliphatic rings. The Kier molecular flexibility index (Phi) is 11.3. The molecule has 6 nitrogen and oxygen atoms in total. The molecule has 2 unspecified atom stereocenters. The first-order chi connectivity index (χ1) is 11.9. The Morgan fingerprint density at radius 3 is 2.16 bits per heavy atom. The summed E-state index contributed by atoms with van der Waals surface area (Å²) in [7, 11) is 1.37. The van der Waals surface area contributed by atoms with Crippen LogP contribution in [0.4, 0.5) is 0 Å². The smallest absolute Gasteiger partial charge is 0.330 e. The fraction of sp³-hybridized carbons (Fsp3) is 0.316. The lowest BCUT2D eigenvalue weighted by atomic mass is 10.1. The van der Waals surface area contributed by atoms with Gasteiger partial charge in [0, 0.05) is 5.71 Å². The van der Waals surface area contributed by atoms with Gasteiger partial charge in [0.25, 0.3) is 0 Å². The predicted molar refractivity (Wildman–Crippen MR) is 101 cm³/mol. The van der Waals surface area contributed by atoms with Gasteiger partial charge in [0.2, 0.25) is 5.91 Å². The number of benzene rings is 1. The number of primary amides is 1. The molecule has 0 aromatic heterocycles. The third kappa shape index (κ3) is 9.22. The van der Waals surface area contributed by atoms with Gasteiger partial charge in [0.05, 0.1) is 13.2 Å². The number of nitrogens with zero attached hydrogens (tertiary/aromatic N) is 1. The molecule has 0 bridgehead atoms. The topological polar surface area (TPSA) is 108 Å². The van der Waals surface area contributed by atoms with Gasteiger partial charge in [-0.15, -0.1) is 13.2 Å². The summed E-state index contributed by atoms with van der Waals surface area (Å²) < 4.78 is 4.71. The SMILES string of the molecule is C=CCC(N)C(N)=O.C=CCC(N=C(C)c1ccccc1)C(=O)OC. The number of hydrogen-bond donors (Lipinski definition) is 2. The van der Waals surface area contributed by atoms with Crippen molar-refractivity contribution in [3.8, 4) is 0 Å². The van der Waals surface area contributed by atoms with E-state index in [2.05, 4.69) is 18.2 Å². The van der Waals surface area contributed by atoms with E-state index < -0.39 is 18.0 Å². The third-order valence-electron chi connectivity index (χ3n) is 3.19. The van der Waals surface area contributed by atoms with Gasteiger partial charge in [0.15, 0.2) is 6.04 Å². The van der Waals surface area contributed by atoms with Crippen LogP contribution in [0.15, 0.2) is 60.6 Å². The quantitative estimate of drug-likeness (QED) is 0.427. The molecule has 1 aromatic rings. The van der Waals surface area contributed by atoms with Crippen LogP contribution in [0.25, 0.3) is 0 Å². The van der Waals surface area contributed by atoms with Crippen LogP contribution in [0.2, 0.25) is 0 Å². The van der Waals surface area contributed by atoms with Crippen molar-refractivity contribution in [1.82, 2.24) is 0 Å². The molecule has 1 rings (SSSR count). The highest BCUT2D eigenvalue weighted by atomic mass is 16.5. The van der Waals surface area contributed by atoms with Crippen LogP contribution in [0.3, 0.4) is 0 Å². The largest absolute Gasteiger partial charge is 0.467 e. The number of carbonyl (C=O) groups is 2. The van der Waals surface area contributed by atoms with Crippen molar-refractivity contribution in [3.63, 3.8) is 0 Å². The number of methoxy groups -OCH3 is 1. The first kappa shape index (κ1) is 22.3. The molecular weight excluding hydrogens is 318 g/mol. The molecule has 0 saturated carbocycles. The lowest BCUT2D eigenvalue weighted by Crippen LogP contribution is -2.35. The maximum Gasteiger partial charge on any atom is 0.330 e. The molecule has 0 radical (unpaired) electrons. The lowest BCUT2D eigenvalue weighted by Gasteiger charge is -2.09. The molecule has 0 heterocycles. The van der Waals surface area contributed by atoms with Gasteiger partial charge in [0.1, 0.15) is 0 Å². The van der Waals surface area contributed by atoms with Gasteiger partial charge in [-0.05, 0) is 25.3 Å². The van der Waals surface area contributed by atoms with Crippen molar-refractivity contribution < 1.29 is 14.3 Å². The zero-order chi connectivity index (χ0) is 19.2. The van der Waals surface area contributed by atoms with E-state index in [0.29, 0.717) is 12.8 Å². The number of esters is 1. The zero-order valence-electron chi connectivity index (χ0n) is 14.9. The fourth-order valence-electron chi connectivity index (χ4n) is 1.78. The summed E-state index contributed by atoms with van der Waals surface area (Å²) in [5, 5.41) is 0. The first-order valence-corrected chi connectivity index (χ1v) is 7.81. The summed E-state index contributed by atoms with van der Waals surface area (Å²) in [6.45, 7) is 8.90. The minimum Gasteiger partial charge on any atom is -0.467 e. The summed E-state index contributed by atoms with van der Waals surface area (Å²) in [6, 6.07) is 8.68. The number of hydrogen-bond acceptors (Lipinski definition) is 5. The fourth-order valence-corrected chi connectivity index (χ4v) is 1.78. The summed E-state index contributed by atoms with van der Waals surface area (Å²) in [5.41, 5.74) is 11.8. The van der Waals surface area contributed by atoms with E-state index >= 15 is 0 Å². The molecular formula is C19H27N3O3. The van der Waals surface area contributed by atoms with E-state index in [4.69, 9.17) is 16.2 Å². The number of rotatable bonds is 8. The van der Waals surface area contributed by atoms with Crippen molar-refractivity contribution in [2.75, 3.05) is 7.11 Å². The average molecular weight is 345 g/mol. The van der Waals surface area contributed by atoms with Gasteiger partial charge in [-0.1, -0.05) is 42.5 Å². The standard InChI is InChI=1S/C14H17NO2.C5H10N2O/c1-4-8-13(14(16)17-3)15-11(2)12-9-6-5-7-10-12;1-2-3-4(6)5(7)8/h4-7,9-10,13H,1,8H2,2-3H3;2,4H,1,3,6H2,(H2,7,8). The maximum absolute atomic E-state index is 11.5. The number of ether oxygens (including phenoxy) is 1. The van der Waals surface area contributed by atoms with Crippen molar-refractivity contribution in [3.05, 3.63) is 61.2 Å². The highest BCUT2D eigenvalue weighted by molar-refractivity contribution is 5.99. The van der Waals surface area contributed by atoms with Crippen molar-refractivity contribution >= 4 is 17.6 Å². The van der Waals surface area contributed by atoms with Gasteiger partial charge in [-0.3, -0.25) is 9.79 Å². The number of carbonyl (C=O) groups excluding carboxylic acids is 2. The van der Waals surface area contributed by atoms with E-state index in [1.807, 2.05) is 37.3 Å². The number of aliphatic imine (C=N–C) groups is 1. The average Bonchev–Trinajstić information content (AvgIpc) is 2.62. The molecule has 136 valence electrons. The van der Waals surface area contributed by atoms with E-state index in [1.54, 1.807) is 12.2 Å². The van der Waals surface area contributed by atoms with Crippen LogP contribution in [-0.2, 0) is 14.3 Å².